The lowest BCUT2D eigenvalue weighted by Gasteiger charge is -2.04. The summed E-state index contributed by atoms with van der Waals surface area (Å²) >= 11 is 8.79. The van der Waals surface area contributed by atoms with Crippen LogP contribution in [0.4, 0.5) is 16.0 Å². The molecule has 1 aromatic carbocycles. The Morgan fingerprint density at radius 1 is 1.25 bits per heavy atom. The number of halogens is 3. The van der Waals surface area contributed by atoms with Crippen LogP contribution in [-0.4, -0.2) is 9.97 Å². The van der Waals surface area contributed by atoms with Crippen LogP contribution in [-0.2, 0) is 0 Å². The van der Waals surface area contributed by atoms with Crippen LogP contribution in [0.2, 0.25) is 5.02 Å². The zero-order chi connectivity index (χ0) is 11.5. The molecule has 82 valence electrons. The number of anilines is 2. The highest BCUT2D eigenvalue weighted by molar-refractivity contribution is 9.10. The third-order valence-electron chi connectivity index (χ3n) is 1.80. The van der Waals surface area contributed by atoms with Crippen LogP contribution in [0.15, 0.2) is 35.1 Å². The van der Waals surface area contributed by atoms with Gasteiger partial charge in [-0.2, -0.15) is 0 Å². The molecule has 1 heterocycles. The lowest BCUT2D eigenvalue weighted by molar-refractivity contribution is 0.629. The van der Waals surface area contributed by atoms with Gasteiger partial charge >= 0.3 is 0 Å². The fraction of sp³-hybridized carbons (Fsp3) is 0. The first kappa shape index (κ1) is 11.3. The Kier molecular flexibility index (Phi) is 3.36. The first-order valence-corrected chi connectivity index (χ1v) is 5.52. The van der Waals surface area contributed by atoms with E-state index in [0.29, 0.717) is 11.6 Å². The number of rotatable bonds is 2. The maximum absolute atomic E-state index is 13.1. The molecule has 0 saturated heterocycles. The molecule has 0 atom stereocenters. The van der Waals surface area contributed by atoms with Crippen LogP contribution < -0.4 is 5.32 Å². The van der Waals surface area contributed by atoms with Crippen molar-refractivity contribution in [1.82, 2.24) is 9.97 Å². The molecule has 0 aliphatic carbocycles. The molecule has 0 aliphatic rings. The third-order valence-corrected chi connectivity index (χ3v) is 2.51. The van der Waals surface area contributed by atoms with E-state index in [1.165, 1.54) is 12.1 Å². The molecule has 0 fully saturated rings. The first-order chi connectivity index (χ1) is 7.65. The van der Waals surface area contributed by atoms with E-state index in [1.54, 1.807) is 18.5 Å². The summed E-state index contributed by atoms with van der Waals surface area (Å²) in [5.41, 5.74) is 0.546. The fourth-order valence-electron chi connectivity index (χ4n) is 1.08. The van der Waals surface area contributed by atoms with Crippen molar-refractivity contribution >= 4 is 39.2 Å². The number of nitrogens with one attached hydrogen (secondary N) is 1. The van der Waals surface area contributed by atoms with Gasteiger partial charge in [-0.3, -0.25) is 0 Å². The molecule has 6 heteroatoms. The summed E-state index contributed by atoms with van der Waals surface area (Å²) < 4.78 is 13.9. The Bertz CT molecular complexity index is 504. The molecule has 0 amide bonds. The highest BCUT2D eigenvalue weighted by Gasteiger charge is 2.02. The largest absolute Gasteiger partial charge is 0.324 e. The van der Waals surface area contributed by atoms with E-state index in [2.05, 4.69) is 31.2 Å². The molecular weight excluding hydrogens is 296 g/mol. The predicted octanol–water partition coefficient (Wildman–Crippen LogP) is 3.78. The monoisotopic (exact) mass is 301 g/mol. The van der Waals surface area contributed by atoms with Gasteiger partial charge in [-0.1, -0.05) is 11.6 Å². The van der Waals surface area contributed by atoms with Crippen molar-refractivity contribution in [3.63, 3.8) is 0 Å². The van der Waals surface area contributed by atoms with Crippen molar-refractivity contribution in [3.05, 3.63) is 45.9 Å². The normalized spacial score (nSPS) is 10.2. The van der Waals surface area contributed by atoms with Gasteiger partial charge in [0.15, 0.2) is 0 Å². The Morgan fingerprint density at radius 3 is 2.56 bits per heavy atom. The van der Waals surface area contributed by atoms with Gasteiger partial charge in [0.25, 0.3) is 0 Å². The minimum atomic E-state index is -0.483. The number of hydrogen-bond donors (Lipinski definition) is 1. The van der Waals surface area contributed by atoms with E-state index in [9.17, 15) is 4.39 Å². The smallest absolute Gasteiger partial charge is 0.227 e. The van der Waals surface area contributed by atoms with Gasteiger partial charge < -0.3 is 5.32 Å². The number of nitrogens with zero attached hydrogens (tertiary/aromatic N) is 2. The van der Waals surface area contributed by atoms with Crippen LogP contribution in [0.1, 0.15) is 0 Å². The summed E-state index contributed by atoms with van der Waals surface area (Å²) in [6.07, 6.45) is 3.20. The Balaban J connectivity index is 2.20. The Labute approximate surface area is 105 Å². The van der Waals surface area contributed by atoms with Crippen molar-refractivity contribution in [2.75, 3.05) is 5.32 Å². The molecular formula is C10H6BrClFN3. The molecule has 16 heavy (non-hydrogen) atoms. The standard InChI is InChI=1S/C10H6BrClFN3/c11-6-4-14-10(15-5-6)16-7-1-2-8(12)9(13)3-7/h1-5H,(H,14,15,16). The van der Waals surface area contributed by atoms with Crippen molar-refractivity contribution < 1.29 is 4.39 Å². The van der Waals surface area contributed by atoms with Crippen LogP contribution in [0.3, 0.4) is 0 Å². The quantitative estimate of drug-likeness (QED) is 0.917. The molecule has 1 N–H and O–H groups in total. The average molecular weight is 303 g/mol. The van der Waals surface area contributed by atoms with E-state index < -0.39 is 5.82 Å². The number of hydrogen-bond acceptors (Lipinski definition) is 3. The van der Waals surface area contributed by atoms with E-state index in [4.69, 9.17) is 11.6 Å². The summed E-state index contributed by atoms with van der Waals surface area (Å²) in [5.74, 6) is -0.0892. The molecule has 0 unspecified atom stereocenters. The summed E-state index contributed by atoms with van der Waals surface area (Å²) in [7, 11) is 0. The topological polar surface area (TPSA) is 37.8 Å². The highest BCUT2D eigenvalue weighted by atomic mass is 79.9. The number of benzene rings is 1. The maximum atomic E-state index is 13.1. The highest BCUT2D eigenvalue weighted by Crippen LogP contribution is 2.20. The summed E-state index contributed by atoms with van der Waals surface area (Å²) in [4.78, 5) is 8.00. The molecule has 0 saturated carbocycles. The van der Waals surface area contributed by atoms with Gasteiger partial charge in [-0.25, -0.2) is 14.4 Å². The summed E-state index contributed by atoms with van der Waals surface area (Å²) in [6, 6.07) is 4.41. The van der Waals surface area contributed by atoms with E-state index in [0.717, 1.165) is 4.47 Å². The molecule has 3 nitrogen and oxygen atoms in total. The van der Waals surface area contributed by atoms with Gasteiger partial charge in [0.2, 0.25) is 5.95 Å². The van der Waals surface area contributed by atoms with E-state index in [1.807, 2.05) is 0 Å². The lowest BCUT2D eigenvalue weighted by Crippen LogP contribution is -1.96. The minimum Gasteiger partial charge on any atom is -0.324 e. The molecule has 0 aliphatic heterocycles. The van der Waals surface area contributed by atoms with Crippen molar-refractivity contribution in [1.29, 1.82) is 0 Å². The summed E-state index contributed by atoms with van der Waals surface area (Å²) in [5, 5.41) is 2.94. The van der Waals surface area contributed by atoms with Gasteiger partial charge in [-0.05, 0) is 34.1 Å². The lowest BCUT2D eigenvalue weighted by atomic mass is 10.3. The number of aromatic nitrogens is 2. The summed E-state index contributed by atoms with van der Waals surface area (Å²) in [6.45, 7) is 0. The average Bonchev–Trinajstić information content (AvgIpc) is 2.27. The second-order valence-corrected chi connectivity index (χ2v) is 4.30. The Morgan fingerprint density at radius 2 is 1.94 bits per heavy atom. The van der Waals surface area contributed by atoms with Crippen molar-refractivity contribution in [3.8, 4) is 0 Å². The molecule has 0 spiro atoms. The third kappa shape index (κ3) is 2.68. The second kappa shape index (κ2) is 4.76. The fourth-order valence-corrected chi connectivity index (χ4v) is 1.40. The molecule has 0 radical (unpaired) electrons. The zero-order valence-electron chi connectivity index (χ0n) is 7.92. The molecule has 1 aromatic heterocycles. The van der Waals surface area contributed by atoms with E-state index in [-0.39, 0.29) is 5.02 Å². The van der Waals surface area contributed by atoms with Crippen LogP contribution >= 0.6 is 27.5 Å². The first-order valence-electron chi connectivity index (χ1n) is 4.35. The maximum Gasteiger partial charge on any atom is 0.227 e. The molecule has 0 bridgehead atoms. The molecule has 2 rings (SSSR count). The van der Waals surface area contributed by atoms with Crippen molar-refractivity contribution in [2.24, 2.45) is 0 Å². The second-order valence-electron chi connectivity index (χ2n) is 2.98. The van der Waals surface area contributed by atoms with Gasteiger partial charge in [0, 0.05) is 18.1 Å². The van der Waals surface area contributed by atoms with Gasteiger partial charge in [0.1, 0.15) is 5.82 Å². The Hall–Kier alpha value is -1.20. The molecule has 2 aromatic rings. The SMILES string of the molecule is Fc1cc(Nc2ncc(Br)cn2)ccc1Cl. The van der Waals surface area contributed by atoms with E-state index >= 15 is 0 Å². The predicted molar refractivity (Wildman–Crippen MR) is 64.4 cm³/mol. The van der Waals surface area contributed by atoms with Gasteiger partial charge in [-0.15, -0.1) is 0 Å². The van der Waals surface area contributed by atoms with Crippen LogP contribution in [0.5, 0.6) is 0 Å². The van der Waals surface area contributed by atoms with Crippen molar-refractivity contribution in [2.45, 2.75) is 0 Å². The minimum absolute atomic E-state index is 0.0854. The van der Waals surface area contributed by atoms with Crippen LogP contribution in [0.25, 0.3) is 0 Å². The zero-order valence-corrected chi connectivity index (χ0v) is 10.3. The van der Waals surface area contributed by atoms with Gasteiger partial charge in [0.05, 0.1) is 9.50 Å². The van der Waals surface area contributed by atoms with Crippen LogP contribution in [0, 0.1) is 5.82 Å².